The number of aryl methyl sites for hydroxylation is 1. The summed E-state index contributed by atoms with van der Waals surface area (Å²) < 4.78 is 3.39. The molecule has 0 spiro atoms. The number of anilines is 1. The maximum atomic E-state index is 12.0. The van der Waals surface area contributed by atoms with Gasteiger partial charge in [0.1, 0.15) is 5.01 Å². The van der Waals surface area contributed by atoms with E-state index >= 15 is 0 Å². The average Bonchev–Trinajstić information content (AvgIpc) is 2.98. The lowest BCUT2D eigenvalue weighted by molar-refractivity contribution is 0.622. The fourth-order valence-corrected chi connectivity index (χ4v) is 2.52. The van der Waals surface area contributed by atoms with Gasteiger partial charge < -0.3 is 5.32 Å². The molecule has 0 aliphatic rings. The zero-order valence-corrected chi connectivity index (χ0v) is 12.1. The second-order valence-corrected chi connectivity index (χ2v) is 5.39. The molecule has 6 nitrogen and oxygen atoms in total. The van der Waals surface area contributed by atoms with Crippen LogP contribution >= 0.6 is 11.3 Å². The number of hydrogen-bond acceptors (Lipinski definition) is 5. The van der Waals surface area contributed by atoms with Gasteiger partial charge in [-0.3, -0.25) is 9.13 Å². The molecule has 2 aromatic rings. The molecule has 1 N–H and O–H groups in total. The third-order valence-corrected chi connectivity index (χ3v) is 3.55. The molecule has 104 valence electrons. The molecule has 0 fully saturated rings. The minimum Gasteiger partial charge on any atom is -0.360 e. The van der Waals surface area contributed by atoms with Crippen molar-refractivity contribution >= 4 is 16.5 Å². The molecule has 0 aliphatic carbocycles. The Morgan fingerprint density at radius 3 is 2.74 bits per heavy atom. The summed E-state index contributed by atoms with van der Waals surface area (Å²) in [6.45, 7) is 6.29. The minimum absolute atomic E-state index is 0.0140. The quantitative estimate of drug-likeness (QED) is 0.840. The smallest absolute Gasteiger partial charge is 0.328 e. The number of imidazole rings is 1. The van der Waals surface area contributed by atoms with E-state index in [1.165, 1.54) is 11.3 Å². The Hall–Kier alpha value is -1.63. The highest BCUT2D eigenvalue weighted by atomic mass is 32.1. The van der Waals surface area contributed by atoms with Gasteiger partial charge in [0.25, 0.3) is 0 Å². The Morgan fingerprint density at radius 1 is 1.21 bits per heavy atom. The summed E-state index contributed by atoms with van der Waals surface area (Å²) >= 11 is 1.50. The van der Waals surface area contributed by atoms with E-state index in [9.17, 15) is 4.79 Å². The predicted octanol–water partition coefficient (Wildman–Crippen LogP) is 1.78. The van der Waals surface area contributed by atoms with Gasteiger partial charge in [-0.05, 0) is 12.8 Å². The van der Waals surface area contributed by atoms with Crippen molar-refractivity contribution in [2.75, 3.05) is 11.9 Å². The van der Waals surface area contributed by atoms with Crippen LogP contribution in [-0.2, 0) is 13.1 Å². The van der Waals surface area contributed by atoms with E-state index in [0.717, 1.165) is 36.1 Å². The maximum absolute atomic E-state index is 12.0. The van der Waals surface area contributed by atoms with Crippen molar-refractivity contribution in [2.24, 2.45) is 0 Å². The molecule has 0 radical (unpaired) electrons. The van der Waals surface area contributed by atoms with Gasteiger partial charge >= 0.3 is 5.69 Å². The Labute approximate surface area is 116 Å². The highest BCUT2D eigenvalue weighted by Gasteiger charge is 2.07. The van der Waals surface area contributed by atoms with Crippen LogP contribution in [0.4, 0.5) is 5.13 Å². The van der Waals surface area contributed by atoms with E-state index in [-0.39, 0.29) is 5.69 Å². The minimum atomic E-state index is 0.0140. The van der Waals surface area contributed by atoms with Crippen LogP contribution in [-0.4, -0.2) is 25.9 Å². The third-order valence-electron chi connectivity index (χ3n) is 2.68. The molecule has 0 saturated heterocycles. The van der Waals surface area contributed by atoms with Crippen molar-refractivity contribution in [2.45, 2.75) is 39.8 Å². The molecule has 2 rings (SSSR count). The Bertz CT molecular complexity index is 571. The summed E-state index contributed by atoms with van der Waals surface area (Å²) in [4.78, 5) is 12.0. The first-order chi connectivity index (χ1) is 9.24. The van der Waals surface area contributed by atoms with Crippen LogP contribution in [0.2, 0.25) is 0 Å². The van der Waals surface area contributed by atoms with Crippen molar-refractivity contribution in [3.63, 3.8) is 0 Å². The van der Waals surface area contributed by atoms with Crippen molar-refractivity contribution in [3.05, 3.63) is 27.9 Å². The van der Waals surface area contributed by atoms with E-state index in [4.69, 9.17) is 0 Å². The summed E-state index contributed by atoms with van der Waals surface area (Å²) in [5, 5.41) is 13.0. The number of nitrogens with zero attached hydrogens (tertiary/aromatic N) is 4. The van der Waals surface area contributed by atoms with Crippen LogP contribution in [0.3, 0.4) is 0 Å². The van der Waals surface area contributed by atoms with Crippen molar-refractivity contribution < 1.29 is 0 Å². The maximum Gasteiger partial charge on any atom is 0.328 e. The molecule has 7 heteroatoms. The zero-order valence-electron chi connectivity index (χ0n) is 11.3. The van der Waals surface area contributed by atoms with Gasteiger partial charge in [-0.15, -0.1) is 10.2 Å². The van der Waals surface area contributed by atoms with Crippen LogP contribution in [0.1, 0.15) is 31.7 Å². The molecule has 0 amide bonds. The van der Waals surface area contributed by atoms with Gasteiger partial charge in [-0.1, -0.05) is 25.2 Å². The van der Waals surface area contributed by atoms with Crippen molar-refractivity contribution in [1.82, 2.24) is 19.3 Å². The molecular weight excluding hydrogens is 262 g/mol. The van der Waals surface area contributed by atoms with E-state index in [2.05, 4.69) is 29.4 Å². The van der Waals surface area contributed by atoms with Crippen LogP contribution in [0, 0.1) is 0 Å². The standard InChI is InChI=1S/C12H19N5OS/c1-3-5-13-11-15-14-10(19-11)9-17-8-7-16(6-4-2)12(17)18/h7-8H,3-6,9H2,1-2H3,(H,13,15). The Balaban J connectivity index is 2.04. The van der Waals surface area contributed by atoms with Gasteiger partial charge in [0, 0.05) is 25.5 Å². The lowest BCUT2D eigenvalue weighted by Crippen LogP contribution is -2.24. The molecule has 0 atom stereocenters. The zero-order chi connectivity index (χ0) is 13.7. The van der Waals surface area contributed by atoms with E-state index in [1.54, 1.807) is 15.3 Å². The van der Waals surface area contributed by atoms with Crippen molar-refractivity contribution in [1.29, 1.82) is 0 Å². The molecule has 0 aromatic carbocycles. The number of nitrogens with one attached hydrogen (secondary N) is 1. The van der Waals surface area contributed by atoms with E-state index in [0.29, 0.717) is 6.54 Å². The first kappa shape index (κ1) is 13.8. The summed E-state index contributed by atoms with van der Waals surface area (Å²) in [5.41, 5.74) is 0.0140. The summed E-state index contributed by atoms with van der Waals surface area (Å²) in [6.07, 6.45) is 5.63. The largest absolute Gasteiger partial charge is 0.360 e. The molecule has 0 bridgehead atoms. The van der Waals surface area contributed by atoms with Crippen LogP contribution < -0.4 is 11.0 Å². The van der Waals surface area contributed by atoms with E-state index < -0.39 is 0 Å². The number of rotatable bonds is 7. The summed E-state index contributed by atoms with van der Waals surface area (Å²) in [5.74, 6) is 0. The van der Waals surface area contributed by atoms with Gasteiger partial charge in [0.15, 0.2) is 0 Å². The Morgan fingerprint density at radius 2 is 2.00 bits per heavy atom. The highest BCUT2D eigenvalue weighted by Crippen LogP contribution is 2.15. The number of hydrogen-bond donors (Lipinski definition) is 1. The lowest BCUT2D eigenvalue weighted by Gasteiger charge is -1.98. The van der Waals surface area contributed by atoms with Gasteiger partial charge in [-0.25, -0.2) is 4.79 Å². The van der Waals surface area contributed by atoms with Gasteiger partial charge in [-0.2, -0.15) is 0 Å². The number of aromatic nitrogens is 4. The molecule has 19 heavy (non-hydrogen) atoms. The fraction of sp³-hybridized carbons (Fsp3) is 0.583. The van der Waals surface area contributed by atoms with Gasteiger partial charge in [0.2, 0.25) is 5.13 Å². The SMILES string of the molecule is CCCNc1nnc(Cn2ccn(CCC)c2=O)s1. The topological polar surface area (TPSA) is 64.7 Å². The van der Waals surface area contributed by atoms with Crippen molar-refractivity contribution in [3.8, 4) is 0 Å². The average molecular weight is 281 g/mol. The normalized spacial score (nSPS) is 10.8. The molecule has 0 saturated carbocycles. The van der Waals surface area contributed by atoms with Crippen LogP contribution in [0.15, 0.2) is 17.2 Å². The molecule has 0 unspecified atom stereocenters. The summed E-state index contributed by atoms with van der Waals surface area (Å²) in [7, 11) is 0. The lowest BCUT2D eigenvalue weighted by atomic mass is 10.5. The molecule has 2 heterocycles. The molecule has 2 aromatic heterocycles. The fourth-order valence-electron chi connectivity index (χ4n) is 1.75. The van der Waals surface area contributed by atoms with Crippen LogP contribution in [0.25, 0.3) is 0 Å². The first-order valence-corrected chi connectivity index (χ1v) is 7.38. The van der Waals surface area contributed by atoms with Gasteiger partial charge in [0.05, 0.1) is 6.54 Å². The van der Waals surface area contributed by atoms with Crippen LogP contribution in [0.5, 0.6) is 0 Å². The van der Waals surface area contributed by atoms with E-state index in [1.807, 2.05) is 6.20 Å². The molecule has 0 aliphatic heterocycles. The predicted molar refractivity (Wildman–Crippen MR) is 76.8 cm³/mol. The first-order valence-electron chi connectivity index (χ1n) is 6.56. The highest BCUT2D eigenvalue weighted by molar-refractivity contribution is 7.15. The third kappa shape index (κ3) is 3.44. The Kier molecular flexibility index (Phi) is 4.73. The second kappa shape index (κ2) is 6.51. The monoisotopic (exact) mass is 281 g/mol. The molecular formula is C12H19N5OS. The second-order valence-electron chi connectivity index (χ2n) is 4.33. The summed E-state index contributed by atoms with van der Waals surface area (Å²) in [6, 6.07) is 0.